The number of aromatic amines is 1. The van der Waals surface area contributed by atoms with Crippen molar-refractivity contribution in [1.29, 1.82) is 0 Å². The fourth-order valence-corrected chi connectivity index (χ4v) is 1.77. The van der Waals surface area contributed by atoms with Crippen molar-refractivity contribution in [3.05, 3.63) is 6.20 Å². The molecule has 0 aliphatic rings. The molecule has 16 heavy (non-hydrogen) atoms. The first kappa shape index (κ1) is 10.7. The van der Waals surface area contributed by atoms with Gasteiger partial charge in [-0.1, -0.05) is 0 Å². The van der Waals surface area contributed by atoms with Gasteiger partial charge >= 0.3 is 0 Å². The van der Waals surface area contributed by atoms with E-state index in [9.17, 15) is 8.42 Å². The zero-order chi connectivity index (χ0) is 11.8. The van der Waals surface area contributed by atoms with E-state index >= 15 is 0 Å². The summed E-state index contributed by atoms with van der Waals surface area (Å²) in [5, 5.41) is 22.0. The van der Waals surface area contributed by atoms with E-state index in [2.05, 4.69) is 25.6 Å². The molecule has 3 N–H and O–H groups in total. The van der Waals surface area contributed by atoms with Gasteiger partial charge in [0.15, 0.2) is 5.03 Å². The molecular formula is C6H9N7O2S. The van der Waals surface area contributed by atoms with E-state index in [-0.39, 0.29) is 16.4 Å². The summed E-state index contributed by atoms with van der Waals surface area (Å²) in [6, 6.07) is 0. The van der Waals surface area contributed by atoms with E-state index in [4.69, 9.17) is 5.14 Å². The number of nitrogens with zero attached hydrogens (tertiary/aromatic N) is 5. The maximum Gasteiger partial charge on any atom is 0.255 e. The Morgan fingerprint density at radius 3 is 2.88 bits per heavy atom. The van der Waals surface area contributed by atoms with Gasteiger partial charge in [-0.05, 0) is 12.1 Å². The van der Waals surface area contributed by atoms with Gasteiger partial charge in [0, 0.05) is 0 Å². The topological polar surface area (TPSA) is 132 Å². The molecule has 10 heteroatoms. The van der Waals surface area contributed by atoms with E-state index < -0.39 is 10.0 Å². The third-order valence-electron chi connectivity index (χ3n) is 1.87. The maximum atomic E-state index is 11.2. The Balaban J connectivity index is 2.53. The third kappa shape index (κ3) is 1.79. The fourth-order valence-electron chi connectivity index (χ4n) is 1.14. The van der Waals surface area contributed by atoms with E-state index in [1.165, 1.54) is 11.0 Å². The monoisotopic (exact) mass is 243 g/mol. The highest BCUT2D eigenvalue weighted by atomic mass is 32.2. The van der Waals surface area contributed by atoms with Gasteiger partial charge < -0.3 is 0 Å². The van der Waals surface area contributed by atoms with Gasteiger partial charge in [0.2, 0.25) is 5.82 Å². The minimum Gasteiger partial charge on any atom is -0.266 e. The second kappa shape index (κ2) is 3.64. The number of nitrogens with two attached hydrogens (primary N) is 1. The van der Waals surface area contributed by atoms with Crippen molar-refractivity contribution in [3.8, 4) is 11.4 Å². The van der Waals surface area contributed by atoms with Crippen LogP contribution in [-0.2, 0) is 16.6 Å². The predicted molar refractivity (Wildman–Crippen MR) is 52.4 cm³/mol. The van der Waals surface area contributed by atoms with Crippen molar-refractivity contribution in [2.45, 2.75) is 18.5 Å². The summed E-state index contributed by atoms with van der Waals surface area (Å²) in [5.74, 6) is 0.166. The Kier molecular flexibility index (Phi) is 2.44. The van der Waals surface area contributed by atoms with Gasteiger partial charge in [-0.15, -0.1) is 10.2 Å². The van der Waals surface area contributed by atoms with Crippen molar-refractivity contribution in [2.24, 2.45) is 5.14 Å². The van der Waals surface area contributed by atoms with Gasteiger partial charge in [0.25, 0.3) is 10.0 Å². The van der Waals surface area contributed by atoms with Crippen LogP contribution < -0.4 is 5.14 Å². The van der Waals surface area contributed by atoms with Crippen molar-refractivity contribution in [3.63, 3.8) is 0 Å². The van der Waals surface area contributed by atoms with Gasteiger partial charge in [-0.25, -0.2) is 13.6 Å². The zero-order valence-corrected chi connectivity index (χ0v) is 9.14. The summed E-state index contributed by atoms with van der Waals surface area (Å²) < 4.78 is 22.4. The van der Waals surface area contributed by atoms with Crippen molar-refractivity contribution < 1.29 is 8.42 Å². The molecule has 0 bridgehead atoms. The van der Waals surface area contributed by atoms with Crippen LogP contribution in [0.1, 0.15) is 6.92 Å². The van der Waals surface area contributed by atoms with E-state index in [1.807, 2.05) is 6.92 Å². The lowest BCUT2D eigenvalue weighted by molar-refractivity contribution is 0.552. The molecule has 2 aromatic heterocycles. The molecule has 0 aromatic carbocycles. The molecule has 0 aliphatic heterocycles. The average Bonchev–Trinajstić information content (AvgIpc) is 2.84. The summed E-state index contributed by atoms with van der Waals surface area (Å²) >= 11 is 0. The van der Waals surface area contributed by atoms with E-state index in [0.29, 0.717) is 6.54 Å². The molecule has 0 atom stereocenters. The summed E-state index contributed by atoms with van der Waals surface area (Å²) in [6.07, 6.45) is 1.29. The van der Waals surface area contributed by atoms with E-state index in [0.717, 1.165) is 0 Å². The SMILES string of the molecule is CCn1nnc(-c2cn[nH]c2S(N)(=O)=O)n1. The minimum atomic E-state index is -3.87. The molecule has 0 spiro atoms. The molecule has 0 aliphatic carbocycles. The molecule has 2 aromatic rings. The third-order valence-corrected chi connectivity index (χ3v) is 2.75. The van der Waals surface area contributed by atoms with Crippen LogP contribution in [0.15, 0.2) is 11.2 Å². The molecule has 86 valence electrons. The van der Waals surface area contributed by atoms with Crippen LogP contribution in [0.5, 0.6) is 0 Å². The van der Waals surface area contributed by atoms with Crippen LogP contribution in [-0.4, -0.2) is 38.8 Å². The zero-order valence-electron chi connectivity index (χ0n) is 8.32. The molecule has 0 radical (unpaired) electrons. The molecule has 2 rings (SSSR count). The first-order valence-corrected chi connectivity index (χ1v) is 5.91. The Labute approximate surface area is 90.7 Å². The molecule has 0 unspecified atom stereocenters. The summed E-state index contributed by atoms with van der Waals surface area (Å²) in [5.41, 5.74) is 0.210. The molecule has 0 saturated heterocycles. The number of hydrogen-bond donors (Lipinski definition) is 2. The Bertz CT molecular complexity index is 598. The first-order chi connectivity index (χ1) is 7.52. The number of aryl methyl sites for hydroxylation is 1. The van der Waals surface area contributed by atoms with Crippen LogP contribution in [0.3, 0.4) is 0 Å². The summed E-state index contributed by atoms with van der Waals surface area (Å²) in [7, 11) is -3.87. The second-order valence-corrected chi connectivity index (χ2v) is 4.46. The molecule has 2 heterocycles. The minimum absolute atomic E-state index is 0.166. The molecule has 9 nitrogen and oxygen atoms in total. The number of sulfonamides is 1. The Morgan fingerprint density at radius 2 is 2.31 bits per heavy atom. The van der Waals surface area contributed by atoms with Crippen molar-refractivity contribution in [2.75, 3.05) is 0 Å². The van der Waals surface area contributed by atoms with Crippen LogP contribution in [0.25, 0.3) is 11.4 Å². The smallest absolute Gasteiger partial charge is 0.255 e. The number of hydrogen-bond acceptors (Lipinski definition) is 6. The number of nitrogens with one attached hydrogen (secondary N) is 1. The number of primary sulfonamides is 1. The Morgan fingerprint density at radius 1 is 1.56 bits per heavy atom. The van der Waals surface area contributed by atoms with Crippen molar-refractivity contribution >= 4 is 10.0 Å². The number of rotatable bonds is 3. The molecule has 0 fully saturated rings. The summed E-state index contributed by atoms with van der Waals surface area (Å²) in [4.78, 5) is 1.33. The normalized spacial score (nSPS) is 11.9. The number of aromatic nitrogens is 6. The first-order valence-electron chi connectivity index (χ1n) is 4.36. The number of tetrazole rings is 1. The predicted octanol–water partition coefficient (Wildman–Crippen LogP) is -1.27. The van der Waals surface area contributed by atoms with Crippen LogP contribution in [0.4, 0.5) is 0 Å². The lowest BCUT2D eigenvalue weighted by Gasteiger charge is -1.94. The lowest BCUT2D eigenvalue weighted by Crippen LogP contribution is -2.14. The number of H-pyrrole nitrogens is 1. The van der Waals surface area contributed by atoms with Crippen LogP contribution in [0.2, 0.25) is 0 Å². The Hall–Kier alpha value is -1.81. The molecular weight excluding hydrogens is 234 g/mol. The fraction of sp³-hybridized carbons (Fsp3) is 0.333. The average molecular weight is 243 g/mol. The largest absolute Gasteiger partial charge is 0.266 e. The van der Waals surface area contributed by atoms with Crippen LogP contribution >= 0.6 is 0 Å². The highest BCUT2D eigenvalue weighted by Crippen LogP contribution is 2.19. The van der Waals surface area contributed by atoms with E-state index in [1.54, 1.807) is 0 Å². The maximum absolute atomic E-state index is 11.2. The highest BCUT2D eigenvalue weighted by molar-refractivity contribution is 7.89. The van der Waals surface area contributed by atoms with Gasteiger partial charge in [0.05, 0.1) is 18.3 Å². The molecule has 0 saturated carbocycles. The van der Waals surface area contributed by atoms with Gasteiger partial charge in [0.1, 0.15) is 0 Å². The second-order valence-electron chi connectivity index (χ2n) is 2.96. The quantitative estimate of drug-likeness (QED) is 0.690. The van der Waals surface area contributed by atoms with Gasteiger partial charge in [-0.3, -0.25) is 5.10 Å². The molecule has 0 amide bonds. The highest BCUT2D eigenvalue weighted by Gasteiger charge is 2.20. The van der Waals surface area contributed by atoms with Crippen LogP contribution in [0, 0.1) is 0 Å². The lowest BCUT2D eigenvalue weighted by atomic mass is 10.3. The summed E-state index contributed by atoms with van der Waals surface area (Å²) in [6.45, 7) is 2.37. The van der Waals surface area contributed by atoms with Gasteiger partial charge in [-0.2, -0.15) is 9.90 Å². The van der Waals surface area contributed by atoms with Crippen molar-refractivity contribution in [1.82, 2.24) is 30.4 Å². The standard InChI is InChI=1S/C6H9N7O2S/c1-2-13-11-5(9-12-13)4-3-8-10-6(4)16(7,14)15/h3H,2H2,1H3,(H,8,10)(H2,7,14,15).